The van der Waals surface area contributed by atoms with Gasteiger partial charge >= 0.3 is 5.97 Å². The molecule has 1 unspecified atom stereocenters. The van der Waals surface area contributed by atoms with Gasteiger partial charge in [0.25, 0.3) is 17.0 Å². The van der Waals surface area contributed by atoms with Crippen molar-refractivity contribution in [2.75, 3.05) is 4.72 Å². The maximum atomic E-state index is 10.7. The Morgan fingerprint density at radius 3 is 2.53 bits per heavy atom. The number of benzene rings is 1. The van der Waals surface area contributed by atoms with Crippen molar-refractivity contribution < 1.29 is 23.6 Å². The van der Waals surface area contributed by atoms with Crippen molar-refractivity contribution in [1.29, 1.82) is 0 Å². The first-order valence-corrected chi connectivity index (χ1v) is 5.40. The Hall–Kier alpha value is -1.71. The zero-order chi connectivity index (χ0) is 13.2. The predicted octanol–water partition coefficient (Wildman–Crippen LogP) is 1.49. The minimum absolute atomic E-state index is 0.306. The van der Waals surface area contributed by atoms with E-state index in [1.807, 2.05) is 4.72 Å². The van der Waals surface area contributed by atoms with E-state index in [1.54, 1.807) is 0 Å². The highest BCUT2D eigenvalue weighted by Gasteiger charge is 2.21. The Morgan fingerprint density at radius 1 is 1.53 bits per heavy atom. The van der Waals surface area contributed by atoms with Crippen LogP contribution in [0.5, 0.6) is 0 Å². The number of carbonyl (C=O) groups is 1. The van der Waals surface area contributed by atoms with Crippen molar-refractivity contribution in [2.24, 2.45) is 0 Å². The third kappa shape index (κ3) is 3.12. The Morgan fingerprint density at radius 2 is 2.12 bits per heavy atom. The second-order valence-electron chi connectivity index (χ2n) is 2.77. The summed E-state index contributed by atoms with van der Waals surface area (Å²) in [7, 11) is 0. The normalized spacial score (nSPS) is 11.9. The van der Waals surface area contributed by atoms with Crippen molar-refractivity contribution >= 4 is 40.2 Å². The largest absolute Gasteiger partial charge is 0.478 e. The maximum absolute atomic E-state index is 10.7. The lowest BCUT2D eigenvalue weighted by Crippen LogP contribution is -2.06. The molecule has 0 fully saturated rings. The monoisotopic (exact) mass is 280 g/mol. The van der Waals surface area contributed by atoms with Crippen molar-refractivity contribution in [1.82, 2.24) is 0 Å². The molecule has 10 heteroatoms. The number of nitro groups is 1. The molecule has 0 spiro atoms. The third-order valence-electron chi connectivity index (χ3n) is 1.69. The number of hydrogen-bond donors (Lipinski definition) is 3. The van der Waals surface area contributed by atoms with Gasteiger partial charge in [0, 0.05) is 6.07 Å². The summed E-state index contributed by atoms with van der Waals surface area (Å²) < 4.78 is 21.0. The Kier molecular flexibility index (Phi) is 3.99. The number of aromatic carboxylic acids is 1. The Bertz CT molecular complexity index is 519. The van der Waals surface area contributed by atoms with Gasteiger partial charge in [0.1, 0.15) is 5.02 Å². The highest BCUT2D eigenvalue weighted by molar-refractivity contribution is 7.80. The van der Waals surface area contributed by atoms with Crippen molar-refractivity contribution in [3.63, 3.8) is 0 Å². The molecule has 0 saturated heterocycles. The van der Waals surface area contributed by atoms with Gasteiger partial charge in [-0.1, -0.05) is 11.6 Å². The van der Waals surface area contributed by atoms with Crippen LogP contribution < -0.4 is 4.72 Å². The molecule has 0 radical (unpaired) electrons. The van der Waals surface area contributed by atoms with E-state index in [9.17, 15) is 19.1 Å². The summed E-state index contributed by atoms with van der Waals surface area (Å²) in [5.41, 5.74) is -1.40. The number of anilines is 1. The molecular weight excluding hydrogens is 276 g/mol. The van der Waals surface area contributed by atoms with Gasteiger partial charge in [-0.05, 0) is 6.07 Å². The Labute approximate surface area is 102 Å². The number of nitrogens with one attached hydrogen (secondary N) is 1. The van der Waals surface area contributed by atoms with Gasteiger partial charge in [-0.15, -0.1) is 0 Å². The fourth-order valence-electron chi connectivity index (χ4n) is 1.03. The highest BCUT2D eigenvalue weighted by Crippen LogP contribution is 2.33. The lowest BCUT2D eigenvalue weighted by Gasteiger charge is -2.06. The average molecular weight is 281 g/mol. The quantitative estimate of drug-likeness (QED) is 0.435. The summed E-state index contributed by atoms with van der Waals surface area (Å²) in [6.45, 7) is 0. The van der Waals surface area contributed by atoms with Crippen LogP contribution in [0.3, 0.4) is 0 Å². The molecule has 0 heterocycles. The van der Waals surface area contributed by atoms with Crippen molar-refractivity contribution in [3.8, 4) is 0 Å². The number of hydrogen-bond acceptors (Lipinski definition) is 4. The fourth-order valence-corrected chi connectivity index (χ4v) is 1.66. The van der Waals surface area contributed by atoms with Crippen LogP contribution in [-0.4, -0.2) is 24.8 Å². The topological polar surface area (TPSA) is 130 Å². The molecule has 0 aliphatic rings. The van der Waals surface area contributed by atoms with Crippen LogP contribution in [0.15, 0.2) is 12.1 Å². The van der Waals surface area contributed by atoms with Crippen LogP contribution in [-0.2, 0) is 11.3 Å². The summed E-state index contributed by atoms with van der Waals surface area (Å²) in [5.74, 6) is -1.42. The molecule has 1 aromatic rings. The summed E-state index contributed by atoms with van der Waals surface area (Å²) in [4.78, 5) is 20.4. The van der Waals surface area contributed by atoms with Gasteiger partial charge in [0.15, 0.2) is 0 Å². The van der Waals surface area contributed by atoms with Crippen LogP contribution in [0.2, 0.25) is 5.02 Å². The minimum Gasteiger partial charge on any atom is -0.478 e. The first-order chi connectivity index (χ1) is 7.82. The number of carboxylic acids is 1. The first kappa shape index (κ1) is 13.4. The van der Waals surface area contributed by atoms with Crippen molar-refractivity contribution in [2.45, 2.75) is 0 Å². The van der Waals surface area contributed by atoms with E-state index in [0.717, 1.165) is 12.1 Å². The molecule has 1 atom stereocenters. The van der Waals surface area contributed by atoms with Crippen LogP contribution in [0.1, 0.15) is 10.4 Å². The number of rotatable bonds is 4. The summed E-state index contributed by atoms with van der Waals surface area (Å²) >= 11 is 3.06. The van der Waals surface area contributed by atoms with Crippen LogP contribution in [0, 0.1) is 10.1 Å². The molecule has 92 valence electrons. The predicted molar refractivity (Wildman–Crippen MR) is 59.5 cm³/mol. The van der Waals surface area contributed by atoms with Gasteiger partial charge in [-0.25, -0.2) is 9.00 Å². The lowest BCUT2D eigenvalue weighted by molar-refractivity contribution is -0.384. The second kappa shape index (κ2) is 5.08. The fraction of sp³-hybridized carbons (Fsp3) is 0. The van der Waals surface area contributed by atoms with E-state index >= 15 is 0 Å². The molecule has 17 heavy (non-hydrogen) atoms. The summed E-state index contributed by atoms with van der Waals surface area (Å²) in [5, 5.41) is 18.9. The van der Waals surface area contributed by atoms with E-state index in [2.05, 4.69) is 0 Å². The van der Waals surface area contributed by atoms with Crippen LogP contribution in [0.4, 0.5) is 11.4 Å². The molecule has 3 N–H and O–H groups in total. The first-order valence-electron chi connectivity index (χ1n) is 3.91. The number of halogens is 1. The van der Waals surface area contributed by atoms with Gasteiger partial charge < -0.3 is 5.11 Å². The summed E-state index contributed by atoms with van der Waals surface area (Å²) in [6, 6.07) is 1.68. The van der Waals surface area contributed by atoms with Gasteiger partial charge in [0.05, 0.1) is 16.2 Å². The van der Waals surface area contributed by atoms with E-state index in [-0.39, 0.29) is 5.69 Å². The smallest absolute Gasteiger partial charge is 0.336 e. The molecular formula is C7H5ClN2O6S. The van der Waals surface area contributed by atoms with Crippen LogP contribution >= 0.6 is 11.6 Å². The van der Waals surface area contributed by atoms with E-state index in [1.165, 1.54) is 0 Å². The number of nitrogens with zero attached hydrogens (tertiary/aromatic N) is 1. The molecule has 1 aromatic carbocycles. The average Bonchev–Trinajstić information content (AvgIpc) is 2.19. The Balaban J connectivity index is 3.42. The van der Waals surface area contributed by atoms with E-state index < -0.39 is 38.4 Å². The molecule has 8 nitrogen and oxygen atoms in total. The molecule has 0 saturated carbocycles. The molecule has 0 aliphatic carbocycles. The zero-order valence-electron chi connectivity index (χ0n) is 7.92. The standard InChI is InChI=1S/C7H5ClN2O6S/c8-6-4(9-17(15)16)1-3(7(11)12)2-5(6)10(13)14/h1-2,9H,(H,11,12)(H,15,16). The number of nitro benzene ring substituents is 1. The molecule has 1 rings (SSSR count). The SMILES string of the molecule is O=C(O)c1cc(NS(=O)O)c(Cl)c([N+](=O)[O-])c1. The minimum atomic E-state index is -2.52. The lowest BCUT2D eigenvalue weighted by atomic mass is 10.2. The molecule has 0 amide bonds. The highest BCUT2D eigenvalue weighted by atomic mass is 35.5. The zero-order valence-corrected chi connectivity index (χ0v) is 9.49. The maximum Gasteiger partial charge on any atom is 0.336 e. The van der Waals surface area contributed by atoms with E-state index in [0.29, 0.717) is 0 Å². The molecule has 0 bridgehead atoms. The van der Waals surface area contributed by atoms with Crippen molar-refractivity contribution in [3.05, 3.63) is 32.8 Å². The van der Waals surface area contributed by atoms with E-state index in [4.69, 9.17) is 21.3 Å². The third-order valence-corrected chi connectivity index (χ3v) is 2.49. The molecule has 0 aromatic heterocycles. The number of carboxylic acid groups (broad SMARTS) is 1. The van der Waals surface area contributed by atoms with Gasteiger partial charge in [-0.3, -0.25) is 19.4 Å². The van der Waals surface area contributed by atoms with Gasteiger partial charge in [0.2, 0.25) is 0 Å². The summed E-state index contributed by atoms with van der Waals surface area (Å²) in [6.07, 6.45) is 0. The van der Waals surface area contributed by atoms with Crippen LogP contribution in [0.25, 0.3) is 0 Å². The van der Waals surface area contributed by atoms with Gasteiger partial charge in [-0.2, -0.15) is 0 Å². The second-order valence-corrected chi connectivity index (χ2v) is 3.85. The molecule has 0 aliphatic heterocycles.